The number of anilines is 2. The van der Waals surface area contributed by atoms with Gasteiger partial charge in [0.2, 0.25) is 5.95 Å². The first-order chi connectivity index (χ1) is 12.3. The van der Waals surface area contributed by atoms with E-state index in [0.29, 0.717) is 17.0 Å². The van der Waals surface area contributed by atoms with Crippen molar-refractivity contribution in [3.05, 3.63) is 69.3 Å². The first-order valence-corrected chi connectivity index (χ1v) is 9.02. The van der Waals surface area contributed by atoms with E-state index >= 15 is 0 Å². The van der Waals surface area contributed by atoms with E-state index in [2.05, 4.69) is 32.0 Å². The molecule has 1 aliphatic rings. The maximum atomic E-state index is 12.8. The molecule has 5 rings (SSSR count). The largest absolute Gasteiger partial charge is 0.311 e. The second kappa shape index (κ2) is 5.53. The Morgan fingerprint density at radius 3 is 2.96 bits per heavy atom. The molecule has 5 nitrogen and oxygen atoms in total. The Balaban J connectivity index is 1.70. The summed E-state index contributed by atoms with van der Waals surface area (Å²) in [6.07, 6.45) is 2.66. The van der Waals surface area contributed by atoms with E-state index in [0.717, 1.165) is 29.8 Å². The van der Waals surface area contributed by atoms with Crippen LogP contribution in [0.5, 0.6) is 0 Å². The third kappa shape index (κ3) is 2.26. The predicted octanol–water partition coefficient (Wildman–Crippen LogP) is 3.74. The first-order valence-electron chi connectivity index (χ1n) is 8.08. The first kappa shape index (κ1) is 14.4. The predicted molar refractivity (Wildman–Crippen MR) is 101 cm³/mol. The summed E-state index contributed by atoms with van der Waals surface area (Å²) < 4.78 is 0. The second-order valence-electron chi connectivity index (χ2n) is 5.99. The molecule has 0 bridgehead atoms. The number of hydrogen-bond donors (Lipinski definition) is 1. The van der Waals surface area contributed by atoms with E-state index in [1.807, 2.05) is 35.0 Å². The van der Waals surface area contributed by atoms with Crippen LogP contribution in [-0.4, -0.2) is 21.5 Å². The number of nitrogens with one attached hydrogen (secondary N) is 1. The van der Waals surface area contributed by atoms with E-state index in [1.165, 1.54) is 5.56 Å². The van der Waals surface area contributed by atoms with Gasteiger partial charge in [-0.3, -0.25) is 9.78 Å². The zero-order valence-corrected chi connectivity index (χ0v) is 14.1. The summed E-state index contributed by atoms with van der Waals surface area (Å²) in [5.41, 5.74) is 4.58. The molecule has 4 aromatic rings. The van der Waals surface area contributed by atoms with Crippen LogP contribution in [-0.2, 0) is 6.42 Å². The molecule has 0 aliphatic carbocycles. The Labute approximate surface area is 147 Å². The Morgan fingerprint density at radius 1 is 1.16 bits per heavy atom. The molecule has 0 unspecified atom stereocenters. The lowest BCUT2D eigenvalue weighted by atomic mass is 10.1. The highest BCUT2D eigenvalue weighted by Crippen LogP contribution is 2.33. The van der Waals surface area contributed by atoms with Crippen LogP contribution in [0.3, 0.4) is 0 Å². The van der Waals surface area contributed by atoms with Gasteiger partial charge in [0, 0.05) is 24.0 Å². The van der Waals surface area contributed by atoms with Crippen LogP contribution in [0.25, 0.3) is 22.2 Å². The number of pyridine rings is 1. The molecule has 0 radical (unpaired) electrons. The molecule has 1 N–H and O–H groups in total. The van der Waals surface area contributed by atoms with Crippen LogP contribution >= 0.6 is 11.3 Å². The molecule has 1 aliphatic heterocycles. The van der Waals surface area contributed by atoms with Gasteiger partial charge in [0.25, 0.3) is 5.56 Å². The molecule has 0 atom stereocenters. The van der Waals surface area contributed by atoms with Gasteiger partial charge in [0.15, 0.2) is 5.65 Å². The normalized spacial score (nSPS) is 13.4. The van der Waals surface area contributed by atoms with Gasteiger partial charge < -0.3 is 4.90 Å². The van der Waals surface area contributed by atoms with Gasteiger partial charge in [0.05, 0.1) is 5.39 Å². The SMILES string of the molecule is O=c1[nH]c(N2CCc3ccccc32)nc2nccc(-c3ccsc3)c12. The Hall–Kier alpha value is -2.99. The number of thiophene rings is 1. The number of para-hydroxylation sites is 1. The number of aromatic nitrogens is 3. The van der Waals surface area contributed by atoms with Crippen molar-refractivity contribution >= 4 is 34.0 Å². The molecular formula is C19H14N4OS. The maximum Gasteiger partial charge on any atom is 0.262 e. The third-order valence-corrected chi connectivity index (χ3v) is 5.25. The molecular weight excluding hydrogens is 332 g/mol. The van der Waals surface area contributed by atoms with Gasteiger partial charge in [-0.1, -0.05) is 18.2 Å². The summed E-state index contributed by atoms with van der Waals surface area (Å²) in [6.45, 7) is 0.804. The molecule has 0 spiro atoms. The molecule has 0 amide bonds. The number of benzene rings is 1. The zero-order chi connectivity index (χ0) is 16.8. The summed E-state index contributed by atoms with van der Waals surface area (Å²) in [7, 11) is 0. The van der Waals surface area contributed by atoms with Crippen LogP contribution in [0.2, 0.25) is 0 Å². The molecule has 6 heteroatoms. The van der Waals surface area contributed by atoms with E-state index < -0.39 is 0 Å². The number of hydrogen-bond acceptors (Lipinski definition) is 5. The Bertz CT molecular complexity index is 1130. The van der Waals surface area contributed by atoms with Crippen LogP contribution < -0.4 is 10.5 Å². The molecule has 25 heavy (non-hydrogen) atoms. The highest BCUT2D eigenvalue weighted by Gasteiger charge is 2.23. The van der Waals surface area contributed by atoms with E-state index in [-0.39, 0.29) is 5.56 Å². The van der Waals surface area contributed by atoms with Crippen molar-refractivity contribution in [3.63, 3.8) is 0 Å². The minimum Gasteiger partial charge on any atom is -0.311 e. The number of aromatic amines is 1. The highest BCUT2D eigenvalue weighted by atomic mass is 32.1. The van der Waals surface area contributed by atoms with Crippen molar-refractivity contribution in [3.8, 4) is 11.1 Å². The third-order valence-electron chi connectivity index (χ3n) is 4.57. The van der Waals surface area contributed by atoms with Crippen LogP contribution in [0.1, 0.15) is 5.56 Å². The molecule has 0 saturated heterocycles. The van der Waals surface area contributed by atoms with E-state index in [1.54, 1.807) is 17.5 Å². The van der Waals surface area contributed by atoms with Gasteiger partial charge in [0.1, 0.15) is 0 Å². The van der Waals surface area contributed by atoms with Crippen molar-refractivity contribution in [2.75, 3.05) is 11.4 Å². The van der Waals surface area contributed by atoms with Crippen molar-refractivity contribution in [2.24, 2.45) is 0 Å². The molecule has 4 heterocycles. The van der Waals surface area contributed by atoms with Crippen molar-refractivity contribution in [2.45, 2.75) is 6.42 Å². The fourth-order valence-corrected chi connectivity index (χ4v) is 4.05. The van der Waals surface area contributed by atoms with E-state index in [4.69, 9.17) is 0 Å². The summed E-state index contributed by atoms with van der Waals surface area (Å²) in [5.74, 6) is 0.553. The van der Waals surface area contributed by atoms with Crippen molar-refractivity contribution in [1.82, 2.24) is 15.0 Å². The minimum atomic E-state index is -0.154. The lowest BCUT2D eigenvalue weighted by molar-refractivity contribution is 0.938. The molecule has 1 aromatic carbocycles. The average molecular weight is 346 g/mol. The number of rotatable bonds is 2. The average Bonchev–Trinajstić information content (AvgIpc) is 3.31. The van der Waals surface area contributed by atoms with Gasteiger partial charge in [-0.25, -0.2) is 4.98 Å². The number of fused-ring (bicyclic) bond motifs is 2. The summed E-state index contributed by atoms with van der Waals surface area (Å²) in [6, 6.07) is 12.1. The van der Waals surface area contributed by atoms with Crippen LogP contribution in [0.4, 0.5) is 11.6 Å². The zero-order valence-electron chi connectivity index (χ0n) is 13.3. The fourth-order valence-electron chi connectivity index (χ4n) is 3.40. The maximum absolute atomic E-state index is 12.8. The standard InChI is InChI=1S/C19H14N4OS/c24-18-16-14(13-7-10-25-11-13)5-8-20-17(16)21-19(22-18)23-9-6-12-3-1-2-4-15(12)23/h1-5,7-8,10-11H,6,9H2,(H,20,21,22,24). The van der Waals surface area contributed by atoms with Crippen LogP contribution in [0, 0.1) is 0 Å². The second-order valence-corrected chi connectivity index (χ2v) is 6.77. The molecule has 3 aromatic heterocycles. The molecule has 0 fully saturated rings. The summed E-state index contributed by atoms with van der Waals surface area (Å²) in [5, 5.41) is 4.56. The number of nitrogens with zero attached hydrogens (tertiary/aromatic N) is 3. The monoisotopic (exact) mass is 346 g/mol. The Kier molecular flexibility index (Phi) is 3.18. The summed E-state index contributed by atoms with van der Waals surface area (Å²) >= 11 is 1.60. The highest BCUT2D eigenvalue weighted by molar-refractivity contribution is 7.08. The quantitative estimate of drug-likeness (QED) is 0.601. The number of H-pyrrole nitrogens is 1. The lowest BCUT2D eigenvalue weighted by Crippen LogP contribution is -2.21. The van der Waals surface area contributed by atoms with Crippen LogP contribution in [0.15, 0.2) is 58.1 Å². The lowest BCUT2D eigenvalue weighted by Gasteiger charge is -2.18. The van der Waals surface area contributed by atoms with E-state index in [9.17, 15) is 4.79 Å². The van der Waals surface area contributed by atoms with Gasteiger partial charge in [-0.15, -0.1) is 0 Å². The molecule has 0 saturated carbocycles. The van der Waals surface area contributed by atoms with Gasteiger partial charge in [-0.05, 0) is 46.5 Å². The minimum absolute atomic E-state index is 0.154. The van der Waals surface area contributed by atoms with Crippen molar-refractivity contribution in [1.29, 1.82) is 0 Å². The van der Waals surface area contributed by atoms with Crippen molar-refractivity contribution < 1.29 is 0 Å². The topological polar surface area (TPSA) is 61.9 Å². The smallest absolute Gasteiger partial charge is 0.262 e. The van der Waals surface area contributed by atoms with Gasteiger partial charge >= 0.3 is 0 Å². The summed E-state index contributed by atoms with van der Waals surface area (Å²) in [4.78, 5) is 26.8. The molecule has 122 valence electrons. The fraction of sp³-hybridized carbons (Fsp3) is 0.105. The van der Waals surface area contributed by atoms with Gasteiger partial charge in [-0.2, -0.15) is 16.3 Å². The Morgan fingerprint density at radius 2 is 2.08 bits per heavy atom.